The monoisotopic (exact) mass is 200 g/mol. The zero-order valence-corrected chi connectivity index (χ0v) is 8.29. The van der Waals surface area contributed by atoms with Gasteiger partial charge in [0.2, 0.25) is 11.8 Å². The summed E-state index contributed by atoms with van der Waals surface area (Å²) in [5.74, 6) is -0.795. The van der Waals surface area contributed by atoms with Crippen molar-refractivity contribution < 1.29 is 14.3 Å². The van der Waals surface area contributed by atoms with Gasteiger partial charge in [0.25, 0.3) is 0 Å². The average Bonchev–Trinajstić information content (AvgIpc) is 2.19. The smallest absolute Gasteiger partial charge is 0.239 e. The number of carbonyl (C=O) groups is 2. The molecule has 1 rings (SSSR count). The van der Waals surface area contributed by atoms with E-state index in [0.717, 1.165) is 19.4 Å². The minimum atomic E-state index is -0.607. The van der Waals surface area contributed by atoms with Crippen LogP contribution in [0, 0.1) is 5.92 Å². The van der Waals surface area contributed by atoms with Crippen molar-refractivity contribution in [3.8, 4) is 0 Å². The molecule has 80 valence electrons. The molecule has 1 aliphatic rings. The lowest BCUT2D eigenvalue weighted by Crippen LogP contribution is -2.46. The number of primary amides is 1. The van der Waals surface area contributed by atoms with E-state index in [1.807, 2.05) is 0 Å². The van der Waals surface area contributed by atoms with Gasteiger partial charge in [0.05, 0.1) is 12.5 Å². The number of amides is 2. The molecule has 0 saturated carbocycles. The molecule has 0 bridgehead atoms. The van der Waals surface area contributed by atoms with Crippen molar-refractivity contribution in [2.45, 2.75) is 25.8 Å². The molecule has 3 N–H and O–H groups in total. The van der Waals surface area contributed by atoms with E-state index in [1.165, 1.54) is 0 Å². The number of hydrogen-bond donors (Lipinski definition) is 2. The zero-order valence-electron chi connectivity index (χ0n) is 8.29. The maximum Gasteiger partial charge on any atom is 0.239 e. The Balaban J connectivity index is 2.36. The normalized spacial score (nSPS) is 23.9. The van der Waals surface area contributed by atoms with Crippen LogP contribution in [-0.4, -0.2) is 31.1 Å². The van der Waals surface area contributed by atoms with Crippen molar-refractivity contribution in [2.75, 3.05) is 13.2 Å². The molecule has 2 amide bonds. The lowest BCUT2D eigenvalue weighted by Gasteiger charge is -2.22. The van der Waals surface area contributed by atoms with Crippen molar-refractivity contribution in [1.29, 1.82) is 0 Å². The molecule has 1 heterocycles. The third-order valence-corrected chi connectivity index (χ3v) is 2.32. The molecule has 1 saturated heterocycles. The summed E-state index contributed by atoms with van der Waals surface area (Å²) in [6, 6.07) is -0.607. The van der Waals surface area contributed by atoms with Crippen LogP contribution in [0.25, 0.3) is 0 Å². The summed E-state index contributed by atoms with van der Waals surface area (Å²) in [6.07, 6.45) is 1.71. The van der Waals surface area contributed by atoms with E-state index in [0.29, 0.717) is 6.61 Å². The Labute approximate surface area is 83.0 Å². The van der Waals surface area contributed by atoms with E-state index in [-0.39, 0.29) is 11.8 Å². The second kappa shape index (κ2) is 4.95. The van der Waals surface area contributed by atoms with Gasteiger partial charge in [-0.05, 0) is 19.8 Å². The molecule has 5 nitrogen and oxygen atoms in total. The van der Waals surface area contributed by atoms with Gasteiger partial charge in [0.15, 0.2) is 0 Å². The van der Waals surface area contributed by atoms with Gasteiger partial charge in [-0.1, -0.05) is 0 Å². The topological polar surface area (TPSA) is 81.4 Å². The number of rotatable bonds is 3. The quantitative estimate of drug-likeness (QED) is 0.638. The average molecular weight is 200 g/mol. The van der Waals surface area contributed by atoms with Crippen LogP contribution in [0.4, 0.5) is 0 Å². The van der Waals surface area contributed by atoms with E-state index < -0.39 is 11.9 Å². The van der Waals surface area contributed by atoms with Crippen LogP contribution in [0.2, 0.25) is 0 Å². The SMILES string of the molecule is C[C@H](NC(=O)C1CCCOC1)C(N)=O. The highest BCUT2D eigenvalue weighted by Crippen LogP contribution is 2.13. The second-order valence-corrected chi connectivity index (χ2v) is 3.55. The van der Waals surface area contributed by atoms with Gasteiger partial charge >= 0.3 is 0 Å². The van der Waals surface area contributed by atoms with Crippen LogP contribution in [0.15, 0.2) is 0 Å². The summed E-state index contributed by atoms with van der Waals surface area (Å²) >= 11 is 0. The summed E-state index contributed by atoms with van der Waals surface area (Å²) in [6.45, 7) is 2.73. The van der Waals surface area contributed by atoms with Crippen LogP contribution in [0.5, 0.6) is 0 Å². The molecule has 1 aliphatic heterocycles. The molecule has 0 radical (unpaired) electrons. The first-order valence-electron chi connectivity index (χ1n) is 4.78. The highest BCUT2D eigenvalue weighted by atomic mass is 16.5. The molecule has 0 spiro atoms. The highest BCUT2D eigenvalue weighted by molar-refractivity contribution is 5.87. The second-order valence-electron chi connectivity index (χ2n) is 3.55. The van der Waals surface area contributed by atoms with Crippen LogP contribution < -0.4 is 11.1 Å². The van der Waals surface area contributed by atoms with Crippen LogP contribution in [0.1, 0.15) is 19.8 Å². The fraction of sp³-hybridized carbons (Fsp3) is 0.778. The molecule has 5 heteroatoms. The molecule has 0 aromatic heterocycles. The van der Waals surface area contributed by atoms with Crippen molar-refractivity contribution in [1.82, 2.24) is 5.32 Å². The minimum Gasteiger partial charge on any atom is -0.381 e. The predicted octanol–water partition coefficient (Wildman–Crippen LogP) is -0.597. The number of carbonyl (C=O) groups excluding carboxylic acids is 2. The number of hydrogen-bond acceptors (Lipinski definition) is 3. The number of ether oxygens (including phenoxy) is 1. The molecule has 1 unspecified atom stereocenters. The molecule has 0 aromatic rings. The van der Waals surface area contributed by atoms with E-state index in [4.69, 9.17) is 10.5 Å². The van der Waals surface area contributed by atoms with Crippen molar-refractivity contribution in [3.63, 3.8) is 0 Å². The van der Waals surface area contributed by atoms with Gasteiger partial charge in [-0.3, -0.25) is 9.59 Å². The summed E-state index contributed by atoms with van der Waals surface area (Å²) in [5, 5.41) is 2.56. The maximum atomic E-state index is 11.5. The predicted molar refractivity (Wildman–Crippen MR) is 50.3 cm³/mol. The highest BCUT2D eigenvalue weighted by Gasteiger charge is 2.23. The number of nitrogens with one attached hydrogen (secondary N) is 1. The van der Waals surface area contributed by atoms with Crippen molar-refractivity contribution >= 4 is 11.8 Å². The van der Waals surface area contributed by atoms with Gasteiger partial charge in [-0.15, -0.1) is 0 Å². The number of nitrogens with two attached hydrogens (primary N) is 1. The Morgan fingerprint density at radius 2 is 2.29 bits per heavy atom. The van der Waals surface area contributed by atoms with Crippen molar-refractivity contribution in [2.24, 2.45) is 11.7 Å². The Bertz CT molecular complexity index is 224. The molecule has 1 fully saturated rings. The summed E-state index contributed by atoms with van der Waals surface area (Å²) < 4.78 is 5.17. The third-order valence-electron chi connectivity index (χ3n) is 2.32. The summed E-state index contributed by atoms with van der Waals surface area (Å²) in [7, 11) is 0. The zero-order chi connectivity index (χ0) is 10.6. The molecule has 0 aromatic carbocycles. The van der Waals surface area contributed by atoms with E-state index in [9.17, 15) is 9.59 Å². The Kier molecular flexibility index (Phi) is 3.88. The first kappa shape index (κ1) is 11.0. The van der Waals surface area contributed by atoms with Crippen LogP contribution in [0.3, 0.4) is 0 Å². The lowest BCUT2D eigenvalue weighted by molar-refractivity contribution is -0.132. The standard InChI is InChI=1S/C9H16N2O3/c1-6(8(10)12)11-9(13)7-3-2-4-14-5-7/h6-7H,2-5H2,1H3,(H2,10,12)(H,11,13)/t6-,7?/m0/s1. The van der Waals surface area contributed by atoms with Crippen LogP contribution in [-0.2, 0) is 14.3 Å². The van der Waals surface area contributed by atoms with Gasteiger partial charge in [-0.2, -0.15) is 0 Å². The molecular weight excluding hydrogens is 184 g/mol. The van der Waals surface area contributed by atoms with Crippen LogP contribution >= 0.6 is 0 Å². The summed E-state index contributed by atoms with van der Waals surface area (Å²) in [5.41, 5.74) is 5.03. The lowest BCUT2D eigenvalue weighted by atomic mass is 10.0. The minimum absolute atomic E-state index is 0.134. The van der Waals surface area contributed by atoms with E-state index in [2.05, 4.69) is 5.32 Å². The Morgan fingerprint density at radius 3 is 2.79 bits per heavy atom. The third kappa shape index (κ3) is 2.99. The van der Waals surface area contributed by atoms with Gasteiger partial charge in [0, 0.05) is 6.61 Å². The van der Waals surface area contributed by atoms with Crippen molar-refractivity contribution in [3.05, 3.63) is 0 Å². The Hall–Kier alpha value is -1.10. The molecular formula is C9H16N2O3. The fourth-order valence-corrected chi connectivity index (χ4v) is 1.35. The van der Waals surface area contributed by atoms with E-state index >= 15 is 0 Å². The van der Waals surface area contributed by atoms with E-state index in [1.54, 1.807) is 6.92 Å². The molecule has 0 aliphatic carbocycles. The van der Waals surface area contributed by atoms with Gasteiger partial charge < -0.3 is 15.8 Å². The molecule has 2 atom stereocenters. The molecule has 14 heavy (non-hydrogen) atoms. The first-order valence-corrected chi connectivity index (χ1v) is 4.78. The van der Waals surface area contributed by atoms with Gasteiger partial charge in [-0.25, -0.2) is 0 Å². The maximum absolute atomic E-state index is 11.5. The van der Waals surface area contributed by atoms with Gasteiger partial charge in [0.1, 0.15) is 6.04 Å². The largest absolute Gasteiger partial charge is 0.381 e. The first-order chi connectivity index (χ1) is 6.61. The summed E-state index contributed by atoms with van der Waals surface area (Å²) in [4.78, 5) is 22.2. The fourth-order valence-electron chi connectivity index (χ4n) is 1.35. The Morgan fingerprint density at radius 1 is 1.57 bits per heavy atom.